The molecule has 37 heavy (non-hydrogen) atoms. The summed E-state index contributed by atoms with van der Waals surface area (Å²) in [6, 6.07) is 7.31. The number of hydrogen-bond donors (Lipinski definition) is 1. The number of esters is 1. The van der Waals surface area contributed by atoms with Crippen LogP contribution in [0.2, 0.25) is 0 Å². The topological polar surface area (TPSA) is 96.4 Å². The summed E-state index contributed by atoms with van der Waals surface area (Å²) in [4.78, 5) is 44.9. The molecule has 2 amide bonds. The summed E-state index contributed by atoms with van der Waals surface area (Å²) in [6.07, 6.45) is 3.18. The Morgan fingerprint density at radius 2 is 2.05 bits per heavy atom. The lowest BCUT2D eigenvalue weighted by molar-refractivity contribution is -0.156. The lowest BCUT2D eigenvalue weighted by Crippen LogP contribution is -2.58. The minimum absolute atomic E-state index is 0.0913. The number of aliphatic hydroxyl groups is 1. The number of alkyl halides is 1. The van der Waals surface area contributed by atoms with E-state index in [4.69, 9.17) is 9.47 Å². The molecule has 3 aliphatic heterocycles. The van der Waals surface area contributed by atoms with Crippen LogP contribution >= 0.6 is 15.9 Å². The molecule has 9 heteroatoms. The molecule has 1 aromatic rings. The fourth-order valence-electron chi connectivity index (χ4n) is 6.58. The maximum Gasteiger partial charge on any atom is 0.312 e. The average molecular weight is 578 g/mol. The van der Waals surface area contributed by atoms with Crippen LogP contribution < -0.4 is 0 Å². The third kappa shape index (κ3) is 4.53. The molecule has 202 valence electrons. The number of ether oxygens (including phenoxy) is 2. The van der Waals surface area contributed by atoms with E-state index in [1.807, 2.05) is 37.3 Å². The summed E-state index contributed by atoms with van der Waals surface area (Å²) in [5, 5.41) is 10.6. The van der Waals surface area contributed by atoms with Crippen molar-refractivity contribution >= 4 is 33.7 Å². The van der Waals surface area contributed by atoms with E-state index in [-0.39, 0.29) is 35.9 Å². The third-order valence-electron chi connectivity index (χ3n) is 8.06. The number of carbonyl (C=O) groups excluding carboxylic acids is 3. The summed E-state index contributed by atoms with van der Waals surface area (Å²) in [6.45, 7) is 9.75. The van der Waals surface area contributed by atoms with Crippen molar-refractivity contribution in [2.24, 2.45) is 11.8 Å². The molecule has 3 aliphatic rings. The number of hydrogen-bond acceptors (Lipinski definition) is 6. The van der Waals surface area contributed by atoms with Gasteiger partial charge in [-0.15, -0.1) is 6.58 Å². The number of fused-ring (bicyclic) bond motifs is 1. The van der Waals surface area contributed by atoms with E-state index in [2.05, 4.69) is 29.4 Å². The number of carbonyl (C=O) groups is 3. The maximum absolute atomic E-state index is 14.5. The minimum atomic E-state index is -1.21. The molecule has 8 atom stereocenters. The molecule has 2 bridgehead atoms. The molecular weight excluding hydrogens is 540 g/mol. The van der Waals surface area contributed by atoms with Gasteiger partial charge in [0.15, 0.2) is 0 Å². The van der Waals surface area contributed by atoms with Crippen molar-refractivity contribution in [3.05, 3.63) is 48.6 Å². The van der Waals surface area contributed by atoms with Crippen LogP contribution in [-0.2, 0) is 23.9 Å². The van der Waals surface area contributed by atoms with Crippen molar-refractivity contribution < 1.29 is 29.0 Å². The van der Waals surface area contributed by atoms with E-state index in [1.165, 1.54) is 4.90 Å². The number of aliphatic hydroxyl groups excluding tert-OH is 1. The van der Waals surface area contributed by atoms with Gasteiger partial charge in [-0.1, -0.05) is 65.7 Å². The highest BCUT2D eigenvalue weighted by Gasteiger charge is 2.77. The van der Waals surface area contributed by atoms with Crippen molar-refractivity contribution in [3.8, 4) is 0 Å². The van der Waals surface area contributed by atoms with Crippen LogP contribution in [-0.4, -0.2) is 81.1 Å². The molecule has 1 aromatic carbocycles. The largest absolute Gasteiger partial charge is 0.466 e. The summed E-state index contributed by atoms with van der Waals surface area (Å²) in [5.41, 5.74) is -0.500. The number of likely N-dealkylation sites (tertiary alicyclic amines) is 1. The van der Waals surface area contributed by atoms with Crippen LogP contribution in [0.1, 0.15) is 51.6 Å². The van der Waals surface area contributed by atoms with Gasteiger partial charge in [-0.25, -0.2) is 0 Å². The van der Waals surface area contributed by atoms with Crippen LogP contribution in [0.15, 0.2) is 43.0 Å². The fourth-order valence-corrected chi connectivity index (χ4v) is 7.52. The van der Waals surface area contributed by atoms with Gasteiger partial charge in [-0.3, -0.25) is 14.4 Å². The van der Waals surface area contributed by atoms with E-state index in [0.717, 1.165) is 12.8 Å². The van der Waals surface area contributed by atoms with E-state index in [1.54, 1.807) is 17.9 Å². The van der Waals surface area contributed by atoms with E-state index in [9.17, 15) is 19.5 Å². The Morgan fingerprint density at radius 3 is 2.65 bits per heavy atom. The van der Waals surface area contributed by atoms with Crippen molar-refractivity contribution in [2.75, 3.05) is 19.8 Å². The van der Waals surface area contributed by atoms with Gasteiger partial charge in [0.25, 0.3) is 0 Å². The zero-order valence-electron chi connectivity index (χ0n) is 21.7. The lowest BCUT2D eigenvalue weighted by atomic mass is 9.70. The van der Waals surface area contributed by atoms with Crippen molar-refractivity contribution in [1.29, 1.82) is 0 Å². The Kier molecular flexibility index (Phi) is 8.45. The smallest absolute Gasteiger partial charge is 0.312 e. The Morgan fingerprint density at radius 1 is 1.35 bits per heavy atom. The second-order valence-electron chi connectivity index (χ2n) is 10.2. The predicted molar refractivity (Wildman–Crippen MR) is 142 cm³/mol. The Hall–Kier alpha value is -2.23. The molecule has 0 aliphatic carbocycles. The van der Waals surface area contributed by atoms with Gasteiger partial charge in [0.1, 0.15) is 11.6 Å². The normalized spacial score (nSPS) is 31.6. The molecule has 4 rings (SSSR count). The Labute approximate surface area is 227 Å². The molecule has 8 nitrogen and oxygen atoms in total. The molecule has 0 saturated carbocycles. The van der Waals surface area contributed by atoms with Gasteiger partial charge in [-0.2, -0.15) is 0 Å². The van der Waals surface area contributed by atoms with Gasteiger partial charge in [0.2, 0.25) is 11.8 Å². The number of benzene rings is 1. The highest BCUT2D eigenvalue weighted by molar-refractivity contribution is 9.09. The molecule has 1 N–H and O–H groups in total. The summed E-state index contributed by atoms with van der Waals surface area (Å²) >= 11 is 3.67. The first-order valence-corrected chi connectivity index (χ1v) is 14.1. The van der Waals surface area contributed by atoms with Gasteiger partial charge < -0.3 is 24.4 Å². The predicted octanol–water partition coefficient (Wildman–Crippen LogP) is 3.23. The minimum Gasteiger partial charge on any atom is -0.466 e. The van der Waals surface area contributed by atoms with Crippen LogP contribution in [0.5, 0.6) is 0 Å². The second-order valence-corrected chi connectivity index (χ2v) is 11.4. The number of amides is 2. The number of nitrogens with zero attached hydrogens (tertiary/aromatic N) is 2. The monoisotopic (exact) mass is 576 g/mol. The van der Waals surface area contributed by atoms with Gasteiger partial charge >= 0.3 is 5.97 Å². The van der Waals surface area contributed by atoms with Crippen LogP contribution in [0.3, 0.4) is 0 Å². The molecule has 1 spiro atoms. The number of rotatable bonds is 11. The van der Waals surface area contributed by atoms with Crippen LogP contribution in [0, 0.1) is 11.8 Å². The van der Waals surface area contributed by atoms with Gasteiger partial charge in [-0.05, 0) is 32.3 Å². The second kappa shape index (κ2) is 11.3. The molecule has 3 heterocycles. The Bertz CT molecular complexity index is 1020. The lowest BCUT2D eigenvalue weighted by Gasteiger charge is -2.41. The van der Waals surface area contributed by atoms with Crippen molar-refractivity contribution in [3.63, 3.8) is 0 Å². The SMILES string of the molecule is C=CCN(C(=O)C1N([C@H](CO)c2ccccc2)C(=O)[C@@H]2[C@@H](C(=O)OCC)[C@@H]3OC12CC3Br)C(C)CCC. The van der Waals surface area contributed by atoms with Crippen LogP contribution in [0.25, 0.3) is 0 Å². The van der Waals surface area contributed by atoms with Gasteiger partial charge in [0, 0.05) is 17.4 Å². The van der Waals surface area contributed by atoms with E-state index in [0.29, 0.717) is 18.5 Å². The first kappa shape index (κ1) is 27.8. The highest BCUT2D eigenvalue weighted by Crippen LogP contribution is 2.61. The molecule has 3 fully saturated rings. The first-order chi connectivity index (χ1) is 17.8. The summed E-state index contributed by atoms with van der Waals surface area (Å²) < 4.78 is 11.9. The van der Waals surface area contributed by atoms with Crippen LogP contribution in [0.4, 0.5) is 0 Å². The molecule has 0 radical (unpaired) electrons. The average Bonchev–Trinajstić information content (AvgIpc) is 3.47. The van der Waals surface area contributed by atoms with E-state index < -0.39 is 41.6 Å². The molecule has 3 saturated heterocycles. The molecular formula is C28H37BrN2O6. The van der Waals surface area contributed by atoms with Crippen molar-refractivity contribution in [2.45, 2.75) is 74.7 Å². The Balaban J connectivity index is 1.86. The third-order valence-corrected chi connectivity index (χ3v) is 8.90. The highest BCUT2D eigenvalue weighted by atomic mass is 79.9. The summed E-state index contributed by atoms with van der Waals surface area (Å²) in [5.74, 6) is -2.81. The summed E-state index contributed by atoms with van der Waals surface area (Å²) in [7, 11) is 0. The zero-order chi connectivity index (χ0) is 26.9. The molecule has 0 aromatic heterocycles. The maximum atomic E-state index is 14.5. The fraction of sp³-hybridized carbons (Fsp3) is 0.607. The first-order valence-electron chi connectivity index (χ1n) is 13.1. The van der Waals surface area contributed by atoms with E-state index >= 15 is 0 Å². The quantitative estimate of drug-likeness (QED) is 0.247. The van der Waals surface area contributed by atoms with Gasteiger partial charge in [0.05, 0.1) is 37.2 Å². The number of halogens is 1. The standard InChI is InChI=1S/C28H37BrN2O6/c1-5-11-17(4)30(14-6-2)26(34)24-28-15-19(29)23(37-28)21(27(35)36-7-3)22(28)25(33)31(24)20(16-32)18-12-9-8-10-13-18/h6,8-10,12-13,17,19-24,32H,2,5,7,11,14-16H2,1,3-4H3/t17?,19?,20-,21-,22+,23-,24?,28?/m1/s1. The molecule has 4 unspecified atom stereocenters. The zero-order valence-corrected chi connectivity index (χ0v) is 23.3. The van der Waals surface area contributed by atoms with Crippen molar-refractivity contribution in [1.82, 2.24) is 9.80 Å².